The van der Waals surface area contributed by atoms with Crippen LogP contribution >= 0.6 is 15.9 Å². The molecule has 0 spiro atoms. The van der Waals surface area contributed by atoms with E-state index in [1.807, 2.05) is 6.92 Å². The molecule has 0 saturated carbocycles. The Morgan fingerprint density at radius 3 is 2.33 bits per heavy atom. The van der Waals surface area contributed by atoms with Gasteiger partial charge in [-0.05, 0) is 27.7 Å². The van der Waals surface area contributed by atoms with Gasteiger partial charge < -0.3 is 9.30 Å². The summed E-state index contributed by atoms with van der Waals surface area (Å²) in [6.45, 7) is 9.60. The van der Waals surface area contributed by atoms with E-state index in [9.17, 15) is 0 Å². The minimum atomic E-state index is -0.0148. The van der Waals surface area contributed by atoms with Gasteiger partial charge in [0.1, 0.15) is 12.4 Å². The highest BCUT2D eigenvalue weighted by Crippen LogP contribution is 2.20. The molecule has 0 aliphatic heterocycles. The van der Waals surface area contributed by atoms with Crippen molar-refractivity contribution in [1.82, 2.24) is 14.8 Å². The van der Waals surface area contributed by atoms with Crippen molar-refractivity contribution in [2.24, 2.45) is 0 Å². The highest BCUT2D eigenvalue weighted by Gasteiger charge is 2.22. The SMILES string of the molecule is CCOCc1nnc(CBr)n1C(C)(C)C. The zero-order valence-corrected chi connectivity index (χ0v) is 11.3. The van der Waals surface area contributed by atoms with Gasteiger partial charge in [0.05, 0.1) is 5.33 Å². The van der Waals surface area contributed by atoms with Gasteiger partial charge in [0, 0.05) is 12.1 Å². The number of aromatic nitrogens is 3. The maximum Gasteiger partial charge on any atom is 0.159 e. The maximum atomic E-state index is 5.37. The van der Waals surface area contributed by atoms with Gasteiger partial charge in [-0.2, -0.15) is 0 Å². The van der Waals surface area contributed by atoms with Crippen LogP contribution in [0.5, 0.6) is 0 Å². The minimum absolute atomic E-state index is 0.0148. The number of halogens is 1. The first-order chi connectivity index (χ1) is 7.00. The lowest BCUT2D eigenvalue weighted by Gasteiger charge is -2.24. The maximum absolute atomic E-state index is 5.37. The summed E-state index contributed by atoms with van der Waals surface area (Å²) in [4.78, 5) is 0. The van der Waals surface area contributed by atoms with Gasteiger partial charge >= 0.3 is 0 Å². The van der Waals surface area contributed by atoms with E-state index < -0.39 is 0 Å². The molecular weight excluding hydrogens is 258 g/mol. The summed E-state index contributed by atoms with van der Waals surface area (Å²) < 4.78 is 7.50. The zero-order chi connectivity index (χ0) is 11.5. The van der Waals surface area contributed by atoms with Crippen molar-refractivity contribution >= 4 is 15.9 Å². The summed E-state index contributed by atoms with van der Waals surface area (Å²) in [6, 6.07) is 0. The molecular formula is C10H18BrN3O. The van der Waals surface area contributed by atoms with Gasteiger partial charge in [0.2, 0.25) is 0 Å². The minimum Gasteiger partial charge on any atom is -0.374 e. The van der Waals surface area contributed by atoms with Crippen LogP contribution in [-0.2, 0) is 22.2 Å². The van der Waals surface area contributed by atoms with E-state index in [1.165, 1.54) is 0 Å². The quantitative estimate of drug-likeness (QED) is 0.793. The van der Waals surface area contributed by atoms with Crippen LogP contribution in [0.1, 0.15) is 39.3 Å². The Labute approximate surface area is 99.2 Å². The zero-order valence-electron chi connectivity index (χ0n) is 9.75. The lowest BCUT2D eigenvalue weighted by Crippen LogP contribution is -2.26. The van der Waals surface area contributed by atoms with Gasteiger partial charge in [-0.25, -0.2) is 0 Å². The Kier molecular flexibility index (Phi) is 4.28. The summed E-state index contributed by atoms with van der Waals surface area (Å²) in [6.07, 6.45) is 0. The molecule has 15 heavy (non-hydrogen) atoms. The third-order valence-corrected chi connectivity index (χ3v) is 2.52. The Hall–Kier alpha value is -0.420. The molecule has 1 aromatic rings. The average molecular weight is 276 g/mol. The summed E-state index contributed by atoms with van der Waals surface area (Å²) in [7, 11) is 0. The van der Waals surface area contributed by atoms with Crippen molar-refractivity contribution in [3.05, 3.63) is 11.6 Å². The lowest BCUT2D eigenvalue weighted by atomic mass is 10.1. The van der Waals surface area contributed by atoms with Crippen LogP contribution in [-0.4, -0.2) is 21.4 Å². The van der Waals surface area contributed by atoms with E-state index in [0.717, 1.165) is 11.6 Å². The molecule has 86 valence electrons. The third kappa shape index (κ3) is 3.01. The van der Waals surface area contributed by atoms with E-state index >= 15 is 0 Å². The van der Waals surface area contributed by atoms with E-state index in [1.54, 1.807) is 0 Å². The van der Waals surface area contributed by atoms with Crippen molar-refractivity contribution in [2.45, 2.75) is 45.2 Å². The molecule has 0 aliphatic rings. The Morgan fingerprint density at radius 2 is 1.87 bits per heavy atom. The number of alkyl halides is 1. The molecule has 0 aliphatic carbocycles. The van der Waals surface area contributed by atoms with Crippen LogP contribution in [0.25, 0.3) is 0 Å². The molecule has 0 N–H and O–H groups in total. The average Bonchev–Trinajstić information content (AvgIpc) is 2.56. The summed E-state index contributed by atoms with van der Waals surface area (Å²) in [5.41, 5.74) is -0.0148. The van der Waals surface area contributed by atoms with Crippen LogP contribution < -0.4 is 0 Å². The van der Waals surface area contributed by atoms with E-state index in [4.69, 9.17) is 4.74 Å². The summed E-state index contributed by atoms with van der Waals surface area (Å²) >= 11 is 3.42. The molecule has 1 heterocycles. The van der Waals surface area contributed by atoms with E-state index in [2.05, 4.69) is 51.5 Å². The van der Waals surface area contributed by atoms with Crippen molar-refractivity contribution in [2.75, 3.05) is 6.61 Å². The van der Waals surface area contributed by atoms with Crippen LogP contribution in [0.3, 0.4) is 0 Å². The van der Waals surface area contributed by atoms with Crippen molar-refractivity contribution in [1.29, 1.82) is 0 Å². The van der Waals surface area contributed by atoms with Gasteiger partial charge in [-0.15, -0.1) is 10.2 Å². The van der Waals surface area contributed by atoms with Gasteiger partial charge in [-0.3, -0.25) is 0 Å². The number of nitrogens with zero attached hydrogens (tertiary/aromatic N) is 3. The fraction of sp³-hybridized carbons (Fsp3) is 0.800. The fourth-order valence-electron chi connectivity index (χ4n) is 1.50. The monoisotopic (exact) mass is 275 g/mol. The molecule has 1 rings (SSSR count). The van der Waals surface area contributed by atoms with Crippen LogP contribution in [0.15, 0.2) is 0 Å². The Balaban J connectivity index is 3.01. The smallest absolute Gasteiger partial charge is 0.159 e. The van der Waals surface area contributed by atoms with Crippen LogP contribution in [0.4, 0.5) is 0 Å². The van der Waals surface area contributed by atoms with Crippen molar-refractivity contribution < 1.29 is 4.74 Å². The highest BCUT2D eigenvalue weighted by atomic mass is 79.9. The van der Waals surface area contributed by atoms with Crippen LogP contribution in [0.2, 0.25) is 0 Å². The molecule has 0 atom stereocenters. The van der Waals surface area contributed by atoms with Crippen molar-refractivity contribution in [3.63, 3.8) is 0 Å². The first-order valence-corrected chi connectivity index (χ1v) is 6.20. The third-order valence-electron chi connectivity index (χ3n) is 2.02. The largest absolute Gasteiger partial charge is 0.374 e. The lowest BCUT2D eigenvalue weighted by molar-refractivity contribution is 0.121. The topological polar surface area (TPSA) is 39.9 Å². The van der Waals surface area contributed by atoms with Gasteiger partial charge in [0.25, 0.3) is 0 Å². The van der Waals surface area contributed by atoms with Gasteiger partial charge in [-0.1, -0.05) is 15.9 Å². The first kappa shape index (κ1) is 12.6. The molecule has 0 radical (unpaired) electrons. The molecule has 0 saturated heterocycles. The molecule has 0 fully saturated rings. The number of rotatable bonds is 4. The Morgan fingerprint density at radius 1 is 1.27 bits per heavy atom. The predicted molar refractivity (Wildman–Crippen MR) is 63.0 cm³/mol. The molecule has 0 aromatic carbocycles. The fourth-order valence-corrected chi connectivity index (χ4v) is 1.86. The molecule has 1 aromatic heterocycles. The number of ether oxygens (including phenoxy) is 1. The summed E-state index contributed by atoms with van der Waals surface area (Å²) in [5, 5.41) is 9.00. The molecule has 5 heteroatoms. The molecule has 0 bridgehead atoms. The second kappa shape index (κ2) is 5.07. The molecule has 4 nitrogen and oxygen atoms in total. The van der Waals surface area contributed by atoms with E-state index in [-0.39, 0.29) is 5.54 Å². The number of hydrogen-bond donors (Lipinski definition) is 0. The first-order valence-electron chi connectivity index (χ1n) is 5.08. The number of hydrogen-bond acceptors (Lipinski definition) is 3. The van der Waals surface area contributed by atoms with Crippen LogP contribution in [0, 0.1) is 0 Å². The normalized spacial score (nSPS) is 12.1. The van der Waals surface area contributed by atoms with E-state index in [0.29, 0.717) is 18.5 Å². The van der Waals surface area contributed by atoms with Crippen molar-refractivity contribution in [3.8, 4) is 0 Å². The summed E-state index contributed by atoms with van der Waals surface area (Å²) in [5.74, 6) is 1.83. The standard InChI is InChI=1S/C10H18BrN3O/c1-5-15-7-9-13-12-8(6-11)14(9)10(2,3)4/h5-7H2,1-4H3. The predicted octanol–water partition coefficient (Wildman–Crippen LogP) is 2.46. The van der Waals surface area contributed by atoms with Gasteiger partial charge in [0.15, 0.2) is 5.82 Å². The molecule has 0 amide bonds. The molecule has 0 unspecified atom stereocenters. The highest BCUT2D eigenvalue weighted by molar-refractivity contribution is 9.08. The Bertz CT molecular complexity index is 317. The second-order valence-electron chi connectivity index (χ2n) is 4.31. The second-order valence-corrected chi connectivity index (χ2v) is 4.87.